The molecule has 74 valence electrons. The van der Waals surface area contributed by atoms with Crippen molar-refractivity contribution in [3.05, 3.63) is 6.33 Å². The maximum Gasteiger partial charge on any atom is 0.205 e. The second-order valence-corrected chi connectivity index (χ2v) is 4.19. The zero-order valence-electron chi connectivity index (χ0n) is 7.90. The number of alkyl halides is 1. The van der Waals surface area contributed by atoms with E-state index >= 15 is 0 Å². The number of rotatable bonds is 5. The molecule has 0 atom stereocenters. The summed E-state index contributed by atoms with van der Waals surface area (Å²) in [5.41, 5.74) is 0. The van der Waals surface area contributed by atoms with Crippen molar-refractivity contribution in [3.8, 4) is 0 Å². The monoisotopic (exact) mass is 219 g/mol. The first-order valence-corrected chi connectivity index (χ1v) is 5.65. The van der Waals surface area contributed by atoms with E-state index in [1.165, 1.54) is 11.5 Å². The van der Waals surface area contributed by atoms with Crippen molar-refractivity contribution < 1.29 is 0 Å². The molecule has 0 saturated heterocycles. The minimum absolute atomic E-state index is 0.455. The van der Waals surface area contributed by atoms with E-state index in [2.05, 4.69) is 28.1 Å². The van der Waals surface area contributed by atoms with Crippen molar-refractivity contribution in [2.75, 3.05) is 17.3 Å². The van der Waals surface area contributed by atoms with Gasteiger partial charge in [-0.2, -0.15) is 4.37 Å². The molecule has 0 radical (unpaired) electrons. The van der Waals surface area contributed by atoms with Crippen LogP contribution >= 0.6 is 23.1 Å². The smallest absolute Gasteiger partial charge is 0.205 e. The van der Waals surface area contributed by atoms with E-state index in [-0.39, 0.29) is 0 Å². The zero-order valence-corrected chi connectivity index (χ0v) is 9.48. The molecule has 0 spiro atoms. The van der Waals surface area contributed by atoms with Gasteiger partial charge in [-0.05, 0) is 20.3 Å². The molecule has 1 rings (SSSR count). The predicted octanol–water partition coefficient (Wildman–Crippen LogP) is 2.38. The standard InChI is InChI=1S/C8H14ClN3S/c1-7(2)12(5-3-4-9)8-10-6-11-13-8/h6-7H,3-5H2,1-2H3. The summed E-state index contributed by atoms with van der Waals surface area (Å²) in [6, 6.07) is 0.455. The first-order chi connectivity index (χ1) is 6.25. The van der Waals surface area contributed by atoms with Crippen molar-refractivity contribution in [1.29, 1.82) is 0 Å². The van der Waals surface area contributed by atoms with Crippen LogP contribution in [0.5, 0.6) is 0 Å². The van der Waals surface area contributed by atoms with Gasteiger partial charge < -0.3 is 4.90 Å². The lowest BCUT2D eigenvalue weighted by Gasteiger charge is -2.25. The van der Waals surface area contributed by atoms with E-state index in [1.54, 1.807) is 6.33 Å². The summed E-state index contributed by atoms with van der Waals surface area (Å²) in [4.78, 5) is 6.40. The van der Waals surface area contributed by atoms with Crippen molar-refractivity contribution in [1.82, 2.24) is 9.36 Å². The maximum atomic E-state index is 5.65. The van der Waals surface area contributed by atoms with Crippen LogP contribution in [0.25, 0.3) is 0 Å². The Hall–Kier alpha value is -0.350. The summed E-state index contributed by atoms with van der Waals surface area (Å²) in [5.74, 6) is 0.696. The summed E-state index contributed by atoms with van der Waals surface area (Å²) in [7, 11) is 0. The molecule has 0 N–H and O–H groups in total. The number of nitrogens with zero attached hydrogens (tertiary/aromatic N) is 3. The molecule has 3 nitrogen and oxygen atoms in total. The molecular weight excluding hydrogens is 206 g/mol. The summed E-state index contributed by atoms with van der Waals surface area (Å²) in [5, 5.41) is 0.986. The first kappa shape index (κ1) is 10.7. The fourth-order valence-electron chi connectivity index (χ4n) is 1.10. The van der Waals surface area contributed by atoms with Gasteiger partial charge in [0.15, 0.2) is 0 Å². The van der Waals surface area contributed by atoms with Crippen molar-refractivity contribution in [3.63, 3.8) is 0 Å². The molecule has 0 unspecified atom stereocenters. The molecule has 1 aromatic rings. The van der Waals surface area contributed by atoms with Gasteiger partial charge in [-0.25, -0.2) is 4.98 Å². The van der Waals surface area contributed by atoms with Gasteiger partial charge in [0.2, 0.25) is 5.13 Å². The Morgan fingerprint density at radius 3 is 2.85 bits per heavy atom. The maximum absolute atomic E-state index is 5.65. The largest absolute Gasteiger partial charge is 0.344 e. The molecule has 1 heterocycles. The van der Waals surface area contributed by atoms with Gasteiger partial charge >= 0.3 is 0 Å². The zero-order chi connectivity index (χ0) is 9.68. The van der Waals surface area contributed by atoms with E-state index in [9.17, 15) is 0 Å². The quantitative estimate of drug-likeness (QED) is 0.713. The van der Waals surface area contributed by atoms with E-state index in [1.807, 2.05) is 0 Å². The lowest BCUT2D eigenvalue weighted by atomic mass is 10.3. The van der Waals surface area contributed by atoms with Crippen molar-refractivity contribution in [2.24, 2.45) is 0 Å². The van der Waals surface area contributed by atoms with Crippen LogP contribution in [0.4, 0.5) is 5.13 Å². The van der Waals surface area contributed by atoms with Crippen LogP contribution in [0.3, 0.4) is 0 Å². The van der Waals surface area contributed by atoms with E-state index in [0.717, 1.165) is 18.1 Å². The van der Waals surface area contributed by atoms with Gasteiger partial charge in [-0.3, -0.25) is 0 Å². The Bertz CT molecular complexity index is 225. The third-order valence-corrected chi connectivity index (χ3v) is 2.72. The molecule has 0 aliphatic heterocycles. The Morgan fingerprint density at radius 1 is 1.62 bits per heavy atom. The lowest BCUT2D eigenvalue weighted by Crippen LogP contribution is -2.31. The average Bonchev–Trinajstić information content (AvgIpc) is 2.57. The summed E-state index contributed by atoms with van der Waals surface area (Å²) >= 11 is 7.08. The van der Waals surface area contributed by atoms with Crippen molar-refractivity contribution in [2.45, 2.75) is 26.3 Å². The molecule has 0 amide bonds. The molecule has 0 fully saturated rings. The van der Waals surface area contributed by atoms with E-state index in [4.69, 9.17) is 11.6 Å². The second-order valence-electron chi connectivity index (χ2n) is 3.05. The average molecular weight is 220 g/mol. The van der Waals surface area contributed by atoms with Crippen LogP contribution in [0, 0.1) is 0 Å². The van der Waals surface area contributed by atoms with Crippen molar-refractivity contribution >= 4 is 28.3 Å². The number of aromatic nitrogens is 2. The van der Waals surface area contributed by atoms with Gasteiger partial charge in [-0.15, -0.1) is 11.6 Å². The lowest BCUT2D eigenvalue weighted by molar-refractivity contribution is 0.670. The highest BCUT2D eigenvalue weighted by Crippen LogP contribution is 2.17. The highest BCUT2D eigenvalue weighted by atomic mass is 35.5. The predicted molar refractivity (Wildman–Crippen MR) is 57.7 cm³/mol. The normalized spacial score (nSPS) is 10.8. The van der Waals surface area contributed by atoms with Crippen LogP contribution in [0.1, 0.15) is 20.3 Å². The van der Waals surface area contributed by atoms with Crippen LogP contribution < -0.4 is 4.90 Å². The number of anilines is 1. The van der Waals surface area contributed by atoms with Crippen LogP contribution in [-0.4, -0.2) is 27.8 Å². The molecule has 0 aliphatic carbocycles. The van der Waals surface area contributed by atoms with Gasteiger partial charge in [0.1, 0.15) is 6.33 Å². The number of hydrogen-bond acceptors (Lipinski definition) is 4. The number of halogens is 1. The highest BCUT2D eigenvalue weighted by molar-refractivity contribution is 7.09. The molecule has 0 aliphatic rings. The summed E-state index contributed by atoms with van der Waals surface area (Å²) < 4.78 is 3.99. The van der Waals surface area contributed by atoms with Crippen LogP contribution in [0.2, 0.25) is 0 Å². The summed E-state index contributed by atoms with van der Waals surface area (Å²) in [6.07, 6.45) is 2.58. The first-order valence-electron chi connectivity index (χ1n) is 4.35. The van der Waals surface area contributed by atoms with E-state index in [0.29, 0.717) is 11.9 Å². The third-order valence-electron chi connectivity index (χ3n) is 1.75. The molecule has 13 heavy (non-hydrogen) atoms. The molecule has 0 aromatic carbocycles. The fraction of sp³-hybridized carbons (Fsp3) is 0.750. The van der Waals surface area contributed by atoms with Gasteiger partial charge in [0, 0.05) is 30.0 Å². The molecule has 0 saturated carbocycles. The minimum Gasteiger partial charge on any atom is -0.344 e. The molecule has 5 heteroatoms. The fourth-order valence-corrected chi connectivity index (χ4v) is 1.91. The van der Waals surface area contributed by atoms with Crippen LogP contribution in [-0.2, 0) is 0 Å². The molecule has 0 bridgehead atoms. The number of hydrogen-bond donors (Lipinski definition) is 0. The second kappa shape index (κ2) is 5.40. The van der Waals surface area contributed by atoms with Gasteiger partial charge in [-0.1, -0.05) is 0 Å². The third kappa shape index (κ3) is 3.12. The Labute approximate surface area is 87.9 Å². The minimum atomic E-state index is 0.455. The highest BCUT2D eigenvalue weighted by Gasteiger charge is 2.12. The Morgan fingerprint density at radius 2 is 2.38 bits per heavy atom. The van der Waals surface area contributed by atoms with Gasteiger partial charge in [0.05, 0.1) is 0 Å². The van der Waals surface area contributed by atoms with Gasteiger partial charge in [0.25, 0.3) is 0 Å². The molecule has 1 aromatic heterocycles. The van der Waals surface area contributed by atoms with Crippen LogP contribution in [0.15, 0.2) is 6.33 Å². The SMILES string of the molecule is CC(C)N(CCCCl)c1ncns1. The summed E-state index contributed by atoms with van der Waals surface area (Å²) in [6.45, 7) is 5.25. The Kier molecular flexibility index (Phi) is 4.45. The molecular formula is C8H14ClN3S. The topological polar surface area (TPSA) is 29.0 Å². The van der Waals surface area contributed by atoms with E-state index < -0.39 is 0 Å². The Balaban J connectivity index is 2.58.